The molecule has 0 aliphatic heterocycles. The number of hydrogen-bond acceptors (Lipinski definition) is 2. The molecule has 0 fully saturated rings. The summed E-state index contributed by atoms with van der Waals surface area (Å²) in [6, 6.07) is 1.97. The van der Waals surface area contributed by atoms with Gasteiger partial charge in [0.25, 0.3) is 0 Å². The first kappa shape index (κ1) is 8.99. The second kappa shape index (κ2) is 4.09. The molecule has 0 aliphatic rings. The maximum Gasteiger partial charge on any atom is 0.115 e. The smallest absolute Gasteiger partial charge is 0.115 e. The molecule has 0 aromatic carbocycles. The molecule has 2 rings (SSSR count). The van der Waals surface area contributed by atoms with E-state index < -0.39 is 0 Å². The second-order valence-electron chi connectivity index (χ2n) is 3.10. The van der Waals surface area contributed by atoms with Gasteiger partial charge in [0.15, 0.2) is 0 Å². The highest BCUT2D eigenvalue weighted by Gasteiger charge is 2.17. The van der Waals surface area contributed by atoms with E-state index in [1.165, 1.54) is 0 Å². The van der Waals surface area contributed by atoms with Crippen molar-refractivity contribution in [2.45, 2.75) is 19.3 Å². The zero-order chi connectivity index (χ0) is 9.80. The Kier molecular flexibility index (Phi) is 2.62. The molecule has 0 saturated carbocycles. The third-order valence-electron chi connectivity index (χ3n) is 2.13. The summed E-state index contributed by atoms with van der Waals surface area (Å²) in [4.78, 5) is 7.36. The Morgan fingerprint density at radius 2 is 2.43 bits per heavy atom. The van der Waals surface area contributed by atoms with Gasteiger partial charge < -0.3 is 4.98 Å². The van der Waals surface area contributed by atoms with E-state index >= 15 is 0 Å². The predicted molar refractivity (Wildman–Crippen MR) is 53.6 cm³/mol. The highest BCUT2D eigenvalue weighted by molar-refractivity contribution is 5.20. The minimum absolute atomic E-state index is 0.168. The summed E-state index contributed by atoms with van der Waals surface area (Å²) in [5, 5.41) is 6.99. The van der Waals surface area contributed by atoms with E-state index in [9.17, 15) is 0 Å². The van der Waals surface area contributed by atoms with E-state index in [-0.39, 0.29) is 5.92 Å². The Bertz CT molecular complexity index is 315. The first-order valence-electron chi connectivity index (χ1n) is 4.74. The Labute approximate surface area is 82.8 Å². The third-order valence-corrected chi connectivity index (χ3v) is 2.13. The van der Waals surface area contributed by atoms with E-state index in [2.05, 4.69) is 33.5 Å². The molecular weight excluding hydrogens is 176 g/mol. The largest absolute Gasteiger partial charge is 0.348 e. The predicted octanol–water partition coefficient (Wildman–Crippen LogP) is 1.88. The van der Waals surface area contributed by atoms with Crippen molar-refractivity contribution in [2.75, 3.05) is 0 Å². The average molecular weight is 189 g/mol. The molecule has 0 saturated heterocycles. The molecule has 1 radical (unpaired) electrons. The summed E-state index contributed by atoms with van der Waals surface area (Å²) >= 11 is 0. The first-order chi connectivity index (χ1) is 6.92. The lowest BCUT2D eigenvalue weighted by Crippen LogP contribution is -2.04. The lowest BCUT2D eigenvalue weighted by atomic mass is 9.99. The van der Waals surface area contributed by atoms with E-state index in [4.69, 9.17) is 0 Å². The number of nitrogens with one attached hydrogen (secondary N) is 2. The van der Waals surface area contributed by atoms with E-state index in [0.29, 0.717) is 0 Å². The molecule has 2 heterocycles. The van der Waals surface area contributed by atoms with Gasteiger partial charge in [0, 0.05) is 18.6 Å². The number of rotatable bonds is 4. The fraction of sp³-hybridized carbons (Fsp3) is 0.300. The molecule has 14 heavy (non-hydrogen) atoms. The minimum Gasteiger partial charge on any atom is -0.348 e. The lowest BCUT2D eigenvalue weighted by Gasteiger charge is -2.09. The zero-order valence-electron chi connectivity index (χ0n) is 8.07. The van der Waals surface area contributed by atoms with Crippen LogP contribution in [0.1, 0.15) is 30.8 Å². The fourth-order valence-electron chi connectivity index (χ4n) is 1.50. The minimum atomic E-state index is 0.168. The van der Waals surface area contributed by atoms with Gasteiger partial charge in [-0.3, -0.25) is 5.10 Å². The molecule has 1 unspecified atom stereocenters. The topological polar surface area (TPSA) is 57.4 Å². The van der Waals surface area contributed by atoms with Gasteiger partial charge in [0.2, 0.25) is 0 Å². The summed E-state index contributed by atoms with van der Waals surface area (Å²) in [6.45, 7) is 2.11. The highest BCUT2D eigenvalue weighted by Crippen LogP contribution is 2.23. The maximum atomic E-state index is 4.25. The van der Waals surface area contributed by atoms with Gasteiger partial charge in [-0.25, -0.2) is 4.98 Å². The van der Waals surface area contributed by atoms with Gasteiger partial charge in [0.05, 0.1) is 11.6 Å². The number of aromatic amines is 2. The second-order valence-corrected chi connectivity index (χ2v) is 3.10. The van der Waals surface area contributed by atoms with Gasteiger partial charge in [-0.15, -0.1) is 0 Å². The summed E-state index contributed by atoms with van der Waals surface area (Å²) in [5.74, 6) is 1.11. The van der Waals surface area contributed by atoms with Crippen molar-refractivity contribution in [1.82, 2.24) is 20.2 Å². The number of hydrogen-bond donors (Lipinski definition) is 2. The van der Waals surface area contributed by atoms with Crippen molar-refractivity contribution < 1.29 is 0 Å². The normalized spacial score (nSPS) is 12.9. The van der Waals surface area contributed by atoms with E-state index in [0.717, 1.165) is 17.9 Å². The summed E-state index contributed by atoms with van der Waals surface area (Å²) < 4.78 is 0. The molecule has 0 spiro atoms. The van der Waals surface area contributed by atoms with Gasteiger partial charge in [-0.1, -0.05) is 13.3 Å². The molecule has 0 amide bonds. The molecule has 2 N–H and O–H groups in total. The Hall–Kier alpha value is -1.58. The van der Waals surface area contributed by atoms with Crippen LogP contribution in [0.5, 0.6) is 0 Å². The van der Waals surface area contributed by atoms with Crippen LogP contribution in [-0.2, 0) is 0 Å². The van der Waals surface area contributed by atoms with Crippen molar-refractivity contribution in [2.24, 2.45) is 0 Å². The molecule has 73 valence electrons. The highest BCUT2D eigenvalue weighted by atomic mass is 15.1. The molecule has 1 atom stereocenters. The van der Waals surface area contributed by atoms with Crippen LogP contribution in [0.25, 0.3) is 0 Å². The third kappa shape index (κ3) is 1.69. The number of H-pyrrole nitrogens is 2. The van der Waals surface area contributed by atoms with Gasteiger partial charge >= 0.3 is 0 Å². The van der Waals surface area contributed by atoms with Crippen LogP contribution >= 0.6 is 0 Å². The molecule has 0 aliphatic carbocycles. The molecular formula is C10H13N4. The van der Waals surface area contributed by atoms with Crippen molar-refractivity contribution in [1.29, 1.82) is 0 Å². The van der Waals surface area contributed by atoms with Crippen LogP contribution in [0.2, 0.25) is 0 Å². The van der Waals surface area contributed by atoms with Crippen LogP contribution in [0.3, 0.4) is 0 Å². The molecule has 2 aromatic heterocycles. The van der Waals surface area contributed by atoms with Crippen LogP contribution in [0.4, 0.5) is 0 Å². The Morgan fingerprint density at radius 3 is 3.00 bits per heavy atom. The Morgan fingerprint density at radius 1 is 1.50 bits per heavy atom. The van der Waals surface area contributed by atoms with Crippen molar-refractivity contribution in [3.8, 4) is 0 Å². The standard InChI is InChI=1S/C10H13N4/c1-2-3-8(9-4-5-13-14-9)10-11-6-7-12-10/h3-8H,2H2,1H3,(H,11,12)(H,13,14). The summed E-state index contributed by atoms with van der Waals surface area (Å²) in [6.07, 6.45) is 8.61. The zero-order valence-corrected chi connectivity index (χ0v) is 8.07. The first-order valence-corrected chi connectivity index (χ1v) is 4.74. The summed E-state index contributed by atoms with van der Waals surface area (Å²) in [7, 11) is 0. The van der Waals surface area contributed by atoms with Gasteiger partial charge in [-0.2, -0.15) is 5.10 Å². The number of aromatic nitrogens is 4. The van der Waals surface area contributed by atoms with Gasteiger partial charge in [0.1, 0.15) is 5.82 Å². The van der Waals surface area contributed by atoms with Crippen LogP contribution in [-0.4, -0.2) is 20.2 Å². The Balaban J connectivity index is 2.25. The quantitative estimate of drug-likeness (QED) is 0.771. The van der Waals surface area contributed by atoms with Crippen molar-refractivity contribution in [3.63, 3.8) is 0 Å². The molecule has 4 heteroatoms. The molecule has 2 aromatic rings. The van der Waals surface area contributed by atoms with Crippen molar-refractivity contribution >= 4 is 0 Å². The maximum absolute atomic E-state index is 4.25. The van der Waals surface area contributed by atoms with Crippen molar-refractivity contribution in [3.05, 3.63) is 42.6 Å². The van der Waals surface area contributed by atoms with E-state index in [1.54, 1.807) is 6.20 Å². The number of imidazole rings is 1. The van der Waals surface area contributed by atoms with Crippen LogP contribution < -0.4 is 0 Å². The van der Waals surface area contributed by atoms with Gasteiger partial charge in [-0.05, 0) is 12.5 Å². The SMILES string of the molecule is CC[CH]C(c1cc[nH]n1)c1ncc[nH]1. The summed E-state index contributed by atoms with van der Waals surface area (Å²) in [5.41, 5.74) is 1.00. The average Bonchev–Trinajstić information content (AvgIpc) is 2.87. The number of nitrogens with zero attached hydrogens (tertiary/aromatic N) is 2. The molecule has 0 bridgehead atoms. The molecule has 4 nitrogen and oxygen atoms in total. The van der Waals surface area contributed by atoms with Crippen LogP contribution in [0, 0.1) is 6.42 Å². The fourth-order valence-corrected chi connectivity index (χ4v) is 1.50. The van der Waals surface area contributed by atoms with E-state index in [1.807, 2.05) is 18.5 Å². The lowest BCUT2D eigenvalue weighted by molar-refractivity contribution is 0.779. The van der Waals surface area contributed by atoms with Crippen LogP contribution in [0.15, 0.2) is 24.7 Å². The monoisotopic (exact) mass is 189 g/mol.